The topological polar surface area (TPSA) is 80.3 Å². The predicted octanol–water partition coefficient (Wildman–Crippen LogP) is 2.52. The Morgan fingerprint density at radius 2 is 2.33 bits per heavy atom. The summed E-state index contributed by atoms with van der Waals surface area (Å²) in [5.74, 6) is -0.766. The highest BCUT2D eigenvalue weighted by Crippen LogP contribution is 2.36. The van der Waals surface area contributed by atoms with E-state index in [2.05, 4.69) is 15.6 Å². The molecule has 21 heavy (non-hydrogen) atoms. The fourth-order valence-corrected chi connectivity index (χ4v) is 2.54. The van der Waals surface area contributed by atoms with Crippen LogP contribution in [-0.2, 0) is 9.59 Å². The first-order chi connectivity index (χ1) is 9.99. The second-order valence-electron chi connectivity index (χ2n) is 4.52. The molecule has 3 rings (SSSR count). The van der Waals surface area contributed by atoms with Gasteiger partial charge in [-0.2, -0.15) is 0 Å². The molecule has 2 N–H and O–H groups in total. The summed E-state index contributed by atoms with van der Waals surface area (Å²) in [5.41, 5.74) is -1.24. The van der Waals surface area contributed by atoms with Crippen LogP contribution in [0.3, 0.4) is 0 Å². The number of ether oxygens (including phenoxy) is 1. The number of fused-ring (bicyclic) bond motifs is 1. The van der Waals surface area contributed by atoms with Crippen molar-refractivity contribution in [1.29, 1.82) is 0 Å². The van der Waals surface area contributed by atoms with Gasteiger partial charge in [0.1, 0.15) is 5.75 Å². The summed E-state index contributed by atoms with van der Waals surface area (Å²) < 4.78 is 5.59. The van der Waals surface area contributed by atoms with Crippen molar-refractivity contribution in [3.05, 3.63) is 34.8 Å². The van der Waals surface area contributed by atoms with E-state index in [0.29, 0.717) is 21.6 Å². The quantitative estimate of drug-likeness (QED) is 0.832. The van der Waals surface area contributed by atoms with Gasteiger partial charge in [-0.15, -0.1) is 11.3 Å². The number of rotatable bonds is 2. The van der Waals surface area contributed by atoms with E-state index in [1.54, 1.807) is 29.8 Å². The van der Waals surface area contributed by atoms with Gasteiger partial charge in [0, 0.05) is 16.6 Å². The molecule has 0 saturated heterocycles. The highest BCUT2D eigenvalue weighted by atomic mass is 35.5. The number of hydrogen-bond donors (Lipinski definition) is 2. The average Bonchev–Trinajstić information content (AvgIpc) is 2.93. The molecule has 1 atom stereocenters. The van der Waals surface area contributed by atoms with E-state index in [4.69, 9.17) is 16.3 Å². The summed E-state index contributed by atoms with van der Waals surface area (Å²) >= 11 is 7.11. The largest absolute Gasteiger partial charge is 0.466 e. The van der Waals surface area contributed by atoms with Crippen molar-refractivity contribution in [2.24, 2.45) is 0 Å². The number of carbonyl (C=O) groups excluding carboxylic acids is 2. The summed E-state index contributed by atoms with van der Waals surface area (Å²) in [6.45, 7) is 1.41. The van der Waals surface area contributed by atoms with E-state index in [0.717, 1.165) is 0 Å². The summed E-state index contributed by atoms with van der Waals surface area (Å²) in [6, 6.07) is 4.79. The minimum Gasteiger partial charge on any atom is -0.466 e. The van der Waals surface area contributed by atoms with Crippen LogP contribution in [-0.4, -0.2) is 22.4 Å². The maximum atomic E-state index is 12.3. The second-order valence-corrected chi connectivity index (χ2v) is 5.85. The molecule has 0 spiro atoms. The van der Waals surface area contributed by atoms with Gasteiger partial charge in [0.05, 0.1) is 5.69 Å². The molecule has 0 bridgehead atoms. The van der Waals surface area contributed by atoms with Gasteiger partial charge in [-0.1, -0.05) is 11.6 Å². The van der Waals surface area contributed by atoms with Gasteiger partial charge in [-0.25, -0.2) is 4.98 Å². The molecule has 0 aliphatic carbocycles. The first kappa shape index (κ1) is 13.8. The number of nitrogens with zero attached hydrogens (tertiary/aromatic N) is 1. The van der Waals surface area contributed by atoms with Crippen molar-refractivity contribution < 1.29 is 14.3 Å². The van der Waals surface area contributed by atoms with E-state index in [1.807, 2.05) is 0 Å². The third-order valence-corrected chi connectivity index (χ3v) is 3.95. The molecule has 2 aromatic rings. The Kier molecular flexibility index (Phi) is 3.30. The normalized spacial score (nSPS) is 20.2. The molecule has 0 radical (unpaired) electrons. The molecule has 2 amide bonds. The third kappa shape index (κ3) is 2.45. The number of anilines is 2. The van der Waals surface area contributed by atoms with Gasteiger partial charge in [0.15, 0.2) is 5.13 Å². The number of hydrogen-bond acceptors (Lipinski definition) is 5. The Labute approximate surface area is 129 Å². The Morgan fingerprint density at radius 3 is 3.05 bits per heavy atom. The molecule has 1 aromatic carbocycles. The van der Waals surface area contributed by atoms with Crippen LogP contribution in [0, 0.1) is 0 Å². The molecule has 0 saturated carbocycles. The number of halogens is 1. The van der Waals surface area contributed by atoms with Crippen LogP contribution in [0.25, 0.3) is 0 Å². The molecular weight excluding hydrogens is 314 g/mol. The number of carbonyl (C=O) groups is 2. The van der Waals surface area contributed by atoms with E-state index in [1.165, 1.54) is 18.3 Å². The van der Waals surface area contributed by atoms with Crippen molar-refractivity contribution in [3.8, 4) is 5.75 Å². The van der Waals surface area contributed by atoms with Crippen LogP contribution in [0.1, 0.15) is 6.92 Å². The number of aromatic nitrogens is 1. The number of nitrogens with one attached hydrogen (secondary N) is 2. The lowest BCUT2D eigenvalue weighted by Gasteiger charge is -2.33. The summed E-state index contributed by atoms with van der Waals surface area (Å²) in [5, 5.41) is 7.77. The van der Waals surface area contributed by atoms with Crippen molar-refractivity contribution in [2.45, 2.75) is 12.5 Å². The zero-order chi connectivity index (χ0) is 15.0. The monoisotopic (exact) mass is 323 g/mol. The van der Waals surface area contributed by atoms with Gasteiger partial charge in [0.25, 0.3) is 17.4 Å². The molecule has 1 aliphatic rings. The lowest BCUT2D eigenvalue weighted by Crippen LogP contribution is -2.56. The zero-order valence-electron chi connectivity index (χ0n) is 10.8. The van der Waals surface area contributed by atoms with E-state index in [-0.39, 0.29) is 0 Å². The molecule has 1 unspecified atom stereocenters. The standard InChI is InChI=1S/C13H10ClN3O3S/c1-13(11(19)17-12-15-4-5-21-12)10(18)16-8-6-7(14)2-3-9(8)20-13/h2-6H,1H3,(H,16,18)(H,15,17,19). The fourth-order valence-electron chi connectivity index (χ4n) is 1.85. The van der Waals surface area contributed by atoms with Crippen molar-refractivity contribution >= 4 is 45.6 Å². The highest BCUT2D eigenvalue weighted by Gasteiger charge is 2.47. The molecule has 108 valence electrons. The van der Waals surface area contributed by atoms with E-state index >= 15 is 0 Å². The lowest BCUT2D eigenvalue weighted by atomic mass is 10.0. The second kappa shape index (κ2) is 5.01. The first-order valence-electron chi connectivity index (χ1n) is 6.00. The molecule has 1 aliphatic heterocycles. The van der Waals surface area contributed by atoms with Crippen LogP contribution < -0.4 is 15.4 Å². The van der Waals surface area contributed by atoms with Gasteiger partial charge in [-0.3, -0.25) is 14.9 Å². The highest BCUT2D eigenvalue weighted by molar-refractivity contribution is 7.13. The SMILES string of the molecule is CC1(C(=O)Nc2nccs2)Oc2ccc(Cl)cc2NC1=O. The van der Waals surface area contributed by atoms with E-state index in [9.17, 15) is 9.59 Å². The Bertz CT molecular complexity index is 719. The minimum atomic E-state index is -1.67. The zero-order valence-corrected chi connectivity index (χ0v) is 12.4. The molecule has 0 fully saturated rings. The summed E-state index contributed by atoms with van der Waals surface area (Å²) in [4.78, 5) is 28.5. The van der Waals surface area contributed by atoms with Gasteiger partial charge >= 0.3 is 0 Å². The number of amides is 2. The van der Waals surface area contributed by atoms with Crippen LogP contribution in [0.4, 0.5) is 10.8 Å². The van der Waals surface area contributed by atoms with E-state index < -0.39 is 17.4 Å². The maximum Gasteiger partial charge on any atom is 0.280 e. The molecule has 8 heteroatoms. The lowest BCUT2D eigenvalue weighted by molar-refractivity contribution is -0.143. The van der Waals surface area contributed by atoms with Gasteiger partial charge in [0.2, 0.25) is 0 Å². The number of benzene rings is 1. The molecule has 2 heterocycles. The summed E-state index contributed by atoms with van der Waals surface area (Å²) in [6.07, 6.45) is 1.56. The van der Waals surface area contributed by atoms with Crippen LogP contribution in [0.2, 0.25) is 5.02 Å². The molecule has 6 nitrogen and oxygen atoms in total. The van der Waals surface area contributed by atoms with Crippen molar-refractivity contribution in [3.63, 3.8) is 0 Å². The fraction of sp³-hybridized carbons (Fsp3) is 0.154. The van der Waals surface area contributed by atoms with Gasteiger partial charge < -0.3 is 10.1 Å². The van der Waals surface area contributed by atoms with Gasteiger partial charge in [-0.05, 0) is 25.1 Å². The first-order valence-corrected chi connectivity index (χ1v) is 7.26. The summed E-state index contributed by atoms with van der Waals surface area (Å²) in [7, 11) is 0. The average molecular weight is 324 g/mol. The smallest absolute Gasteiger partial charge is 0.280 e. The Balaban J connectivity index is 1.89. The van der Waals surface area contributed by atoms with Crippen molar-refractivity contribution in [1.82, 2.24) is 4.98 Å². The predicted molar refractivity (Wildman–Crippen MR) is 79.9 cm³/mol. The minimum absolute atomic E-state index is 0.385. The Hall–Kier alpha value is -2.12. The van der Waals surface area contributed by atoms with Crippen molar-refractivity contribution in [2.75, 3.05) is 10.6 Å². The molecular formula is C13H10ClN3O3S. The number of thiazole rings is 1. The van der Waals surface area contributed by atoms with Crippen LogP contribution >= 0.6 is 22.9 Å². The van der Waals surface area contributed by atoms with Crippen LogP contribution in [0.5, 0.6) is 5.75 Å². The molecule has 1 aromatic heterocycles. The third-order valence-electron chi connectivity index (χ3n) is 3.02. The Morgan fingerprint density at radius 1 is 1.52 bits per heavy atom. The van der Waals surface area contributed by atoms with Crippen LogP contribution in [0.15, 0.2) is 29.8 Å². The maximum absolute atomic E-state index is 12.3.